The predicted octanol–water partition coefficient (Wildman–Crippen LogP) is 4.65. The molecule has 8 heteroatoms. The first-order chi connectivity index (χ1) is 14.6. The maximum atomic E-state index is 13.5. The smallest absolute Gasteiger partial charge is 0.318 e. The van der Waals surface area contributed by atoms with Crippen molar-refractivity contribution in [3.05, 3.63) is 23.1 Å². The first-order valence-electron chi connectivity index (χ1n) is 10.1. The number of ether oxygens (including phenoxy) is 4. The van der Waals surface area contributed by atoms with E-state index in [-0.39, 0.29) is 0 Å². The summed E-state index contributed by atoms with van der Waals surface area (Å²) in [7, 11) is 4.32. The normalized spacial score (nSPS) is 13.4. The Morgan fingerprint density at radius 2 is 1.58 bits per heavy atom. The largest absolute Gasteiger partial charge is 0.493 e. The topological polar surface area (TPSA) is 88.1 Å². The summed E-state index contributed by atoms with van der Waals surface area (Å²) in [5.74, 6) is -2.93. The third-order valence-corrected chi connectivity index (χ3v) is 5.83. The molecule has 0 bridgehead atoms. The third-order valence-electron chi connectivity index (χ3n) is 4.71. The summed E-state index contributed by atoms with van der Waals surface area (Å²) < 4.78 is 21.9. The number of fused-ring (bicyclic) bond motifs is 1. The molecule has 1 heterocycles. The number of Topliss-reactive ketones (excluding diaryl/α,β-unsaturated/α-hetero) is 1. The monoisotopic (exact) mass is 450 g/mol. The summed E-state index contributed by atoms with van der Waals surface area (Å²) in [4.78, 5) is 39.4. The van der Waals surface area contributed by atoms with Crippen LogP contribution in [0, 0.1) is 11.8 Å². The lowest BCUT2D eigenvalue weighted by atomic mass is 9.84. The lowest BCUT2D eigenvalue weighted by Crippen LogP contribution is -2.40. The Labute approximate surface area is 186 Å². The zero-order valence-electron chi connectivity index (χ0n) is 19.1. The van der Waals surface area contributed by atoms with E-state index in [1.807, 2.05) is 6.92 Å². The van der Waals surface area contributed by atoms with Crippen LogP contribution in [-0.2, 0) is 19.1 Å². The summed E-state index contributed by atoms with van der Waals surface area (Å²) >= 11 is 1.23. The van der Waals surface area contributed by atoms with Crippen molar-refractivity contribution in [2.24, 2.45) is 11.8 Å². The van der Waals surface area contributed by atoms with Crippen molar-refractivity contribution in [3.63, 3.8) is 0 Å². The molecule has 1 aromatic heterocycles. The Hall–Kier alpha value is -2.61. The van der Waals surface area contributed by atoms with Gasteiger partial charge in [0, 0.05) is 10.8 Å². The first kappa shape index (κ1) is 24.7. The molecule has 0 aliphatic carbocycles. The second-order valence-corrected chi connectivity index (χ2v) is 9.23. The van der Waals surface area contributed by atoms with Gasteiger partial charge in [-0.3, -0.25) is 14.4 Å². The minimum atomic E-state index is -1.29. The number of carbonyl (C=O) groups excluding carboxylic acids is 3. The molecular formula is C23H30O7S. The Kier molecular flexibility index (Phi) is 8.06. The summed E-state index contributed by atoms with van der Waals surface area (Å²) in [5.41, 5.74) is -0.802. The van der Waals surface area contributed by atoms with Crippen LogP contribution in [0.2, 0.25) is 0 Å². The molecule has 31 heavy (non-hydrogen) atoms. The number of hydrogen-bond acceptors (Lipinski definition) is 8. The summed E-state index contributed by atoms with van der Waals surface area (Å²) in [6.45, 7) is 7.04. The van der Waals surface area contributed by atoms with Crippen LogP contribution in [0.3, 0.4) is 0 Å². The van der Waals surface area contributed by atoms with E-state index in [9.17, 15) is 14.4 Å². The standard InChI is InChI=1S/C23H30O7S/c1-8-9-14(21(25)29-7)19(22(26)30-23(2,3)4)20(24)18-11-13-10-15(27-5)16(28-6)12-17(13)31-18/h10-12,14,19H,8-9H2,1-7H3. The van der Waals surface area contributed by atoms with Crippen molar-refractivity contribution in [3.8, 4) is 11.5 Å². The Balaban J connectivity index is 2.55. The van der Waals surface area contributed by atoms with Crippen molar-refractivity contribution in [1.29, 1.82) is 0 Å². The molecule has 2 rings (SSSR count). The van der Waals surface area contributed by atoms with E-state index >= 15 is 0 Å². The number of carbonyl (C=O) groups is 3. The lowest BCUT2D eigenvalue weighted by molar-refractivity contribution is -0.165. The number of rotatable bonds is 9. The quantitative estimate of drug-likeness (QED) is 0.312. The van der Waals surface area contributed by atoms with Crippen LogP contribution in [0.25, 0.3) is 10.1 Å². The van der Waals surface area contributed by atoms with E-state index in [2.05, 4.69) is 0 Å². The molecule has 7 nitrogen and oxygen atoms in total. The van der Waals surface area contributed by atoms with Gasteiger partial charge in [0.25, 0.3) is 0 Å². The number of benzene rings is 1. The highest BCUT2D eigenvalue weighted by Gasteiger charge is 2.42. The molecule has 2 atom stereocenters. The number of methoxy groups -OCH3 is 3. The molecule has 0 aliphatic rings. The Bertz CT molecular complexity index is 914. The molecule has 2 aromatic rings. The molecule has 0 aliphatic heterocycles. The first-order valence-corrected chi connectivity index (χ1v) is 10.9. The fraction of sp³-hybridized carbons (Fsp3) is 0.522. The number of esters is 2. The molecule has 2 unspecified atom stereocenters. The van der Waals surface area contributed by atoms with Gasteiger partial charge in [-0.15, -0.1) is 11.3 Å². The number of thiophene rings is 1. The average Bonchev–Trinajstić information content (AvgIpc) is 3.13. The summed E-state index contributed by atoms with van der Waals surface area (Å²) in [6, 6.07) is 5.25. The van der Waals surface area contributed by atoms with E-state index in [0.717, 1.165) is 10.1 Å². The SMILES string of the molecule is CCCC(C(=O)OC)C(C(=O)OC(C)(C)C)C(=O)c1cc2cc(OC)c(OC)cc2s1. The molecule has 0 spiro atoms. The van der Waals surface area contributed by atoms with E-state index in [4.69, 9.17) is 18.9 Å². The van der Waals surface area contributed by atoms with Crippen LogP contribution >= 0.6 is 11.3 Å². The highest BCUT2D eigenvalue weighted by molar-refractivity contribution is 7.20. The fourth-order valence-corrected chi connectivity index (χ4v) is 4.40. The van der Waals surface area contributed by atoms with E-state index < -0.39 is 35.2 Å². The van der Waals surface area contributed by atoms with Gasteiger partial charge in [-0.25, -0.2) is 0 Å². The predicted molar refractivity (Wildman–Crippen MR) is 119 cm³/mol. The van der Waals surface area contributed by atoms with Crippen LogP contribution in [0.5, 0.6) is 11.5 Å². The molecule has 0 N–H and O–H groups in total. The zero-order chi connectivity index (χ0) is 23.3. The van der Waals surface area contributed by atoms with Gasteiger partial charge >= 0.3 is 11.9 Å². The molecule has 0 radical (unpaired) electrons. The van der Waals surface area contributed by atoms with Gasteiger partial charge in [0.05, 0.1) is 32.1 Å². The maximum Gasteiger partial charge on any atom is 0.318 e. The Morgan fingerprint density at radius 3 is 2.10 bits per heavy atom. The van der Waals surface area contributed by atoms with Crippen molar-refractivity contribution >= 4 is 39.1 Å². The minimum absolute atomic E-state index is 0.328. The molecule has 0 saturated heterocycles. The van der Waals surface area contributed by atoms with Gasteiger partial charge < -0.3 is 18.9 Å². The van der Waals surface area contributed by atoms with Crippen LogP contribution < -0.4 is 9.47 Å². The molecule has 0 fully saturated rings. The van der Waals surface area contributed by atoms with Crippen LogP contribution in [0.4, 0.5) is 0 Å². The number of ketones is 1. The summed E-state index contributed by atoms with van der Waals surface area (Å²) in [5, 5.41) is 0.777. The Morgan fingerprint density at radius 1 is 0.968 bits per heavy atom. The van der Waals surface area contributed by atoms with Gasteiger partial charge in [0.1, 0.15) is 11.5 Å². The number of hydrogen-bond donors (Lipinski definition) is 0. The van der Waals surface area contributed by atoms with Crippen molar-refractivity contribution < 1.29 is 33.3 Å². The molecule has 0 saturated carbocycles. The van der Waals surface area contributed by atoms with E-state index in [1.54, 1.807) is 39.0 Å². The van der Waals surface area contributed by atoms with Crippen molar-refractivity contribution in [1.82, 2.24) is 0 Å². The van der Waals surface area contributed by atoms with Gasteiger partial charge in [0.2, 0.25) is 0 Å². The van der Waals surface area contributed by atoms with Crippen molar-refractivity contribution in [2.75, 3.05) is 21.3 Å². The molecular weight excluding hydrogens is 420 g/mol. The van der Waals surface area contributed by atoms with Gasteiger partial charge in [0.15, 0.2) is 17.3 Å². The van der Waals surface area contributed by atoms with E-state index in [1.165, 1.54) is 32.7 Å². The van der Waals surface area contributed by atoms with E-state index in [0.29, 0.717) is 29.2 Å². The lowest BCUT2D eigenvalue weighted by Gasteiger charge is -2.26. The second kappa shape index (κ2) is 10.1. The highest BCUT2D eigenvalue weighted by Crippen LogP contribution is 2.38. The molecule has 170 valence electrons. The summed E-state index contributed by atoms with van der Waals surface area (Å²) in [6.07, 6.45) is 0.933. The zero-order valence-corrected chi connectivity index (χ0v) is 19.9. The third kappa shape index (κ3) is 5.76. The molecule has 1 aromatic carbocycles. The van der Waals surface area contributed by atoms with Gasteiger partial charge in [-0.05, 0) is 44.7 Å². The highest BCUT2D eigenvalue weighted by atomic mass is 32.1. The maximum absolute atomic E-state index is 13.5. The fourth-order valence-electron chi connectivity index (χ4n) is 3.34. The van der Waals surface area contributed by atoms with Crippen LogP contribution in [0.15, 0.2) is 18.2 Å². The van der Waals surface area contributed by atoms with Crippen LogP contribution in [0.1, 0.15) is 50.2 Å². The molecule has 0 amide bonds. The minimum Gasteiger partial charge on any atom is -0.493 e. The van der Waals surface area contributed by atoms with Gasteiger partial charge in [-0.2, -0.15) is 0 Å². The van der Waals surface area contributed by atoms with Crippen LogP contribution in [-0.4, -0.2) is 44.7 Å². The average molecular weight is 451 g/mol. The van der Waals surface area contributed by atoms with Gasteiger partial charge in [-0.1, -0.05) is 13.3 Å². The second-order valence-electron chi connectivity index (χ2n) is 8.15. The van der Waals surface area contributed by atoms with Crippen molar-refractivity contribution in [2.45, 2.75) is 46.1 Å².